The van der Waals surface area contributed by atoms with Crippen LogP contribution in [0.4, 0.5) is 15.9 Å². The predicted molar refractivity (Wildman–Crippen MR) is 88.1 cm³/mol. The second kappa shape index (κ2) is 7.41. The molecule has 0 aliphatic heterocycles. The van der Waals surface area contributed by atoms with Crippen LogP contribution >= 0.6 is 0 Å². The van der Waals surface area contributed by atoms with Gasteiger partial charge in [0, 0.05) is 0 Å². The van der Waals surface area contributed by atoms with Gasteiger partial charge in [0.05, 0.1) is 11.9 Å². The highest BCUT2D eigenvalue weighted by molar-refractivity contribution is 5.36. The van der Waals surface area contributed by atoms with Crippen LogP contribution in [0, 0.1) is 12.7 Å². The van der Waals surface area contributed by atoms with Crippen LogP contribution < -0.4 is 4.74 Å². The largest absolute Gasteiger partial charge is 0.459 e. The van der Waals surface area contributed by atoms with Gasteiger partial charge in [-0.3, -0.25) is 0 Å². The smallest absolute Gasteiger partial charge is 0.318 e. The Morgan fingerprint density at radius 2 is 1.75 bits per heavy atom. The molecule has 0 amide bonds. The van der Waals surface area contributed by atoms with E-state index >= 15 is 0 Å². The number of rotatable bonds is 5. The third kappa shape index (κ3) is 4.19. The van der Waals surface area contributed by atoms with E-state index in [1.807, 2.05) is 49.4 Å². The first kappa shape index (κ1) is 15.7. The normalized spacial score (nSPS) is 10.9. The van der Waals surface area contributed by atoms with Crippen molar-refractivity contribution in [2.45, 2.75) is 13.5 Å². The molecule has 0 spiro atoms. The highest BCUT2D eigenvalue weighted by Crippen LogP contribution is 2.20. The fourth-order valence-corrected chi connectivity index (χ4v) is 1.91. The molecule has 120 valence electrons. The van der Waals surface area contributed by atoms with Gasteiger partial charge in [0.2, 0.25) is 5.82 Å². The molecule has 6 heteroatoms. The van der Waals surface area contributed by atoms with Crippen molar-refractivity contribution in [2.75, 3.05) is 0 Å². The maximum absolute atomic E-state index is 13.7. The first-order valence-corrected chi connectivity index (χ1v) is 7.38. The lowest BCUT2D eigenvalue weighted by molar-refractivity contribution is 0.279. The average molecular weight is 322 g/mol. The van der Waals surface area contributed by atoms with Gasteiger partial charge in [0.15, 0.2) is 5.82 Å². The molecule has 5 nitrogen and oxygen atoms in total. The van der Waals surface area contributed by atoms with Gasteiger partial charge in [0.1, 0.15) is 6.61 Å². The lowest BCUT2D eigenvalue weighted by Gasteiger charge is -2.05. The second-order valence-electron chi connectivity index (χ2n) is 5.13. The fraction of sp³-hybridized carbons (Fsp3) is 0.111. The molecule has 0 radical (unpaired) electrons. The fourth-order valence-electron chi connectivity index (χ4n) is 1.91. The van der Waals surface area contributed by atoms with E-state index in [9.17, 15) is 4.39 Å². The zero-order valence-electron chi connectivity index (χ0n) is 13.1. The van der Waals surface area contributed by atoms with Crippen LogP contribution in [-0.4, -0.2) is 9.97 Å². The van der Waals surface area contributed by atoms with Gasteiger partial charge in [-0.2, -0.15) is 4.98 Å². The minimum Gasteiger partial charge on any atom is -0.459 e. The summed E-state index contributed by atoms with van der Waals surface area (Å²) < 4.78 is 19.2. The van der Waals surface area contributed by atoms with Crippen molar-refractivity contribution in [3.8, 4) is 6.01 Å². The predicted octanol–water partition coefficient (Wildman–Crippen LogP) is 4.92. The quantitative estimate of drug-likeness (QED) is 0.626. The van der Waals surface area contributed by atoms with E-state index in [0.29, 0.717) is 12.3 Å². The van der Waals surface area contributed by atoms with Crippen molar-refractivity contribution in [1.29, 1.82) is 0 Å². The molecule has 1 heterocycles. The third-order valence-electron chi connectivity index (χ3n) is 3.21. The summed E-state index contributed by atoms with van der Waals surface area (Å²) in [5, 5.41) is 7.77. The number of nitrogens with zero attached hydrogens (tertiary/aromatic N) is 4. The molecule has 0 saturated carbocycles. The highest BCUT2D eigenvalue weighted by atomic mass is 19.1. The summed E-state index contributed by atoms with van der Waals surface area (Å²) in [4.78, 5) is 7.77. The van der Waals surface area contributed by atoms with Gasteiger partial charge in [-0.15, -0.1) is 10.2 Å². The molecular weight excluding hydrogens is 307 g/mol. The Morgan fingerprint density at radius 3 is 2.50 bits per heavy atom. The Labute approximate surface area is 138 Å². The lowest BCUT2D eigenvalue weighted by atomic mass is 10.2. The topological polar surface area (TPSA) is 59.7 Å². The molecule has 3 rings (SSSR count). The molecule has 0 saturated heterocycles. The van der Waals surface area contributed by atoms with E-state index in [1.165, 1.54) is 5.56 Å². The van der Waals surface area contributed by atoms with E-state index in [-0.39, 0.29) is 11.8 Å². The van der Waals surface area contributed by atoms with Gasteiger partial charge in [-0.25, -0.2) is 9.37 Å². The van der Waals surface area contributed by atoms with Crippen molar-refractivity contribution >= 4 is 11.5 Å². The van der Waals surface area contributed by atoms with E-state index in [0.717, 1.165) is 11.8 Å². The monoisotopic (exact) mass is 322 g/mol. The molecule has 0 aliphatic carbocycles. The Hall–Kier alpha value is -3.15. The van der Waals surface area contributed by atoms with Crippen LogP contribution in [0.3, 0.4) is 0 Å². The van der Waals surface area contributed by atoms with Crippen LogP contribution in [0.1, 0.15) is 11.1 Å². The zero-order valence-corrected chi connectivity index (χ0v) is 13.1. The first-order valence-electron chi connectivity index (χ1n) is 7.38. The molecular formula is C18H15FN4O. The second-order valence-corrected chi connectivity index (χ2v) is 5.13. The molecule has 0 aliphatic rings. The molecule has 2 aromatic carbocycles. The molecule has 1 aromatic heterocycles. The van der Waals surface area contributed by atoms with Crippen molar-refractivity contribution < 1.29 is 9.13 Å². The minimum absolute atomic E-state index is 0.0546. The van der Waals surface area contributed by atoms with Gasteiger partial charge >= 0.3 is 6.01 Å². The highest BCUT2D eigenvalue weighted by Gasteiger charge is 2.07. The summed E-state index contributed by atoms with van der Waals surface area (Å²) in [5.41, 5.74) is 2.75. The average Bonchev–Trinajstić information content (AvgIpc) is 2.62. The zero-order chi connectivity index (χ0) is 16.8. The third-order valence-corrected chi connectivity index (χ3v) is 3.21. The van der Waals surface area contributed by atoms with Gasteiger partial charge in [0.25, 0.3) is 0 Å². The summed E-state index contributed by atoms with van der Waals surface area (Å²) in [6, 6.07) is 17.0. The van der Waals surface area contributed by atoms with E-state index < -0.39 is 5.82 Å². The number of azo groups is 1. The number of hydrogen-bond acceptors (Lipinski definition) is 5. The number of aryl methyl sites for hydroxylation is 1. The molecule has 0 bridgehead atoms. The standard InChI is InChI=1S/C18H15FN4O/c1-13-7-9-14(10-8-13)12-24-18-20-11-16(19)17(21-18)23-22-15-5-3-2-4-6-15/h2-11H,12H2,1H3. The number of hydrogen-bond donors (Lipinski definition) is 0. The first-order chi connectivity index (χ1) is 11.7. The Bertz CT molecular complexity index is 835. The van der Waals surface area contributed by atoms with Crippen LogP contribution in [-0.2, 0) is 6.61 Å². The molecule has 24 heavy (non-hydrogen) atoms. The Balaban J connectivity index is 1.71. The van der Waals surface area contributed by atoms with Gasteiger partial charge in [-0.05, 0) is 24.6 Å². The molecule has 0 N–H and O–H groups in total. The Kier molecular flexibility index (Phi) is 4.86. The van der Waals surface area contributed by atoms with E-state index in [1.54, 1.807) is 12.1 Å². The molecule has 0 atom stereocenters. The van der Waals surface area contributed by atoms with Crippen LogP contribution in [0.25, 0.3) is 0 Å². The number of aromatic nitrogens is 2. The van der Waals surface area contributed by atoms with Crippen LogP contribution in [0.5, 0.6) is 6.01 Å². The maximum Gasteiger partial charge on any atom is 0.318 e. The number of benzene rings is 2. The number of halogens is 1. The maximum atomic E-state index is 13.7. The molecule has 0 fully saturated rings. The van der Waals surface area contributed by atoms with Gasteiger partial charge < -0.3 is 4.74 Å². The summed E-state index contributed by atoms with van der Waals surface area (Å²) >= 11 is 0. The summed E-state index contributed by atoms with van der Waals surface area (Å²) in [7, 11) is 0. The van der Waals surface area contributed by atoms with Crippen molar-refractivity contribution in [1.82, 2.24) is 9.97 Å². The summed E-state index contributed by atoms with van der Waals surface area (Å²) in [5.74, 6) is -0.815. The van der Waals surface area contributed by atoms with Crippen molar-refractivity contribution in [3.63, 3.8) is 0 Å². The SMILES string of the molecule is Cc1ccc(COc2ncc(F)c(N=Nc3ccccc3)n2)cc1. The van der Waals surface area contributed by atoms with Gasteiger partial charge in [-0.1, -0.05) is 48.0 Å². The van der Waals surface area contributed by atoms with Crippen molar-refractivity contribution in [3.05, 3.63) is 77.7 Å². The van der Waals surface area contributed by atoms with Crippen LogP contribution in [0.2, 0.25) is 0 Å². The Morgan fingerprint density at radius 1 is 1.00 bits per heavy atom. The van der Waals surface area contributed by atoms with Crippen molar-refractivity contribution in [2.24, 2.45) is 10.2 Å². The summed E-state index contributed by atoms with van der Waals surface area (Å²) in [6.07, 6.45) is 1.02. The lowest BCUT2D eigenvalue weighted by Crippen LogP contribution is -2.00. The minimum atomic E-state index is -0.655. The van der Waals surface area contributed by atoms with E-state index in [2.05, 4.69) is 20.2 Å². The molecule has 0 unspecified atom stereocenters. The summed E-state index contributed by atoms with van der Waals surface area (Å²) in [6.45, 7) is 2.30. The van der Waals surface area contributed by atoms with E-state index in [4.69, 9.17) is 4.74 Å². The molecule has 3 aromatic rings. The van der Waals surface area contributed by atoms with Crippen LogP contribution in [0.15, 0.2) is 71.0 Å². The number of ether oxygens (including phenoxy) is 1.